The molecule has 2 aromatic rings. The normalized spacial score (nSPS) is 30.4. The van der Waals surface area contributed by atoms with E-state index >= 15 is 0 Å². The summed E-state index contributed by atoms with van der Waals surface area (Å²) in [6, 6.07) is 7.52. The van der Waals surface area contributed by atoms with Gasteiger partial charge in [-0.2, -0.15) is 0 Å². The van der Waals surface area contributed by atoms with Crippen molar-refractivity contribution in [3.63, 3.8) is 0 Å². The number of hydrogen-bond acceptors (Lipinski definition) is 7. The van der Waals surface area contributed by atoms with Gasteiger partial charge in [0.2, 0.25) is 0 Å². The second-order valence-corrected chi connectivity index (χ2v) is 9.65. The van der Waals surface area contributed by atoms with Gasteiger partial charge < -0.3 is 29.9 Å². The summed E-state index contributed by atoms with van der Waals surface area (Å²) in [5.74, 6) is 0. The van der Waals surface area contributed by atoms with Gasteiger partial charge >= 0.3 is 0 Å². The Bertz CT molecular complexity index is 885. The molecule has 6 atom stereocenters. The first kappa shape index (κ1) is 23.6. The molecule has 6 nitrogen and oxygen atoms in total. The molecule has 1 aromatic carbocycles. The van der Waals surface area contributed by atoms with E-state index in [1.165, 1.54) is 11.3 Å². The van der Waals surface area contributed by atoms with E-state index in [0.29, 0.717) is 17.0 Å². The van der Waals surface area contributed by atoms with E-state index in [1.54, 1.807) is 33.9 Å². The van der Waals surface area contributed by atoms with Gasteiger partial charge in [0, 0.05) is 28.3 Å². The van der Waals surface area contributed by atoms with Crippen LogP contribution in [0.2, 0.25) is 5.02 Å². The fourth-order valence-corrected chi connectivity index (χ4v) is 5.20. The number of halogens is 1. The van der Waals surface area contributed by atoms with Gasteiger partial charge in [-0.25, -0.2) is 0 Å². The molecule has 1 saturated heterocycles. The third kappa shape index (κ3) is 4.45. The molecule has 1 aromatic heterocycles. The fourth-order valence-electron chi connectivity index (χ4n) is 3.97. The summed E-state index contributed by atoms with van der Waals surface area (Å²) in [6.07, 6.45) is -4.53. The van der Waals surface area contributed by atoms with Crippen molar-refractivity contribution in [3.05, 3.63) is 55.7 Å². The number of benzene rings is 1. The monoisotopic (exact) mass is 456 g/mol. The van der Waals surface area contributed by atoms with Crippen molar-refractivity contribution in [2.24, 2.45) is 0 Å². The van der Waals surface area contributed by atoms with Crippen LogP contribution < -0.4 is 0 Å². The zero-order valence-electron chi connectivity index (χ0n) is 17.5. The number of methoxy groups -OCH3 is 1. The van der Waals surface area contributed by atoms with E-state index in [1.807, 2.05) is 18.2 Å². The van der Waals surface area contributed by atoms with Crippen LogP contribution in [0, 0.1) is 0 Å². The molecule has 0 bridgehead atoms. The van der Waals surface area contributed by atoms with Gasteiger partial charge in [0.25, 0.3) is 0 Å². The van der Waals surface area contributed by atoms with E-state index in [9.17, 15) is 20.4 Å². The molecule has 166 valence electrons. The highest BCUT2D eigenvalue weighted by molar-refractivity contribution is 7.12. The predicted octanol–water partition coefficient (Wildman–Crippen LogP) is 2.91. The first-order valence-corrected chi connectivity index (χ1v) is 11.1. The smallest absolute Gasteiger partial charge is 0.120 e. The van der Waals surface area contributed by atoms with Crippen molar-refractivity contribution in [3.8, 4) is 0 Å². The topological polar surface area (TPSA) is 99.4 Å². The summed E-state index contributed by atoms with van der Waals surface area (Å²) in [6.45, 7) is 5.34. The molecule has 1 fully saturated rings. The maximum Gasteiger partial charge on any atom is 0.120 e. The minimum absolute atomic E-state index is 0.249. The Balaban J connectivity index is 2.04. The maximum absolute atomic E-state index is 10.8. The third-order valence-electron chi connectivity index (χ3n) is 5.72. The summed E-state index contributed by atoms with van der Waals surface area (Å²) in [5, 5.41) is 41.6. The predicted molar refractivity (Wildman–Crippen MR) is 116 cm³/mol. The van der Waals surface area contributed by atoms with E-state index in [0.717, 1.165) is 20.9 Å². The number of hydrogen-bond donors (Lipinski definition) is 4. The van der Waals surface area contributed by atoms with Gasteiger partial charge in [-0.1, -0.05) is 17.7 Å². The number of aliphatic hydroxyl groups is 4. The Morgan fingerprint density at radius 3 is 2.50 bits per heavy atom. The molecule has 3 rings (SSSR count). The summed E-state index contributed by atoms with van der Waals surface area (Å²) in [5.41, 5.74) is 0.961. The molecule has 0 spiro atoms. The van der Waals surface area contributed by atoms with Crippen LogP contribution in [-0.4, -0.2) is 52.0 Å². The molecular weight excluding hydrogens is 428 g/mol. The Morgan fingerprint density at radius 2 is 1.90 bits per heavy atom. The lowest BCUT2D eigenvalue weighted by atomic mass is 9.79. The molecule has 0 amide bonds. The van der Waals surface area contributed by atoms with Crippen LogP contribution in [0.1, 0.15) is 53.3 Å². The first-order valence-electron chi connectivity index (χ1n) is 9.87. The van der Waals surface area contributed by atoms with Crippen molar-refractivity contribution in [2.75, 3.05) is 7.11 Å². The summed E-state index contributed by atoms with van der Waals surface area (Å²) < 4.78 is 11.4. The lowest BCUT2D eigenvalue weighted by Crippen LogP contribution is -2.61. The molecule has 1 aliphatic heterocycles. The van der Waals surface area contributed by atoms with Crippen LogP contribution in [0.15, 0.2) is 24.3 Å². The van der Waals surface area contributed by atoms with Crippen molar-refractivity contribution >= 4 is 22.9 Å². The average Bonchev–Trinajstić information content (AvgIpc) is 3.16. The molecule has 0 aliphatic carbocycles. The number of thiophene rings is 1. The highest BCUT2D eigenvalue weighted by Crippen LogP contribution is 2.42. The molecule has 4 N–H and O–H groups in total. The molecular formula is C22H29ClO6S. The Labute approximate surface area is 185 Å². The van der Waals surface area contributed by atoms with Crippen LogP contribution in [0.4, 0.5) is 0 Å². The van der Waals surface area contributed by atoms with Crippen molar-refractivity contribution in [1.82, 2.24) is 0 Å². The lowest BCUT2D eigenvalue weighted by Gasteiger charge is -2.47. The van der Waals surface area contributed by atoms with E-state index in [2.05, 4.69) is 0 Å². The van der Waals surface area contributed by atoms with E-state index in [4.69, 9.17) is 21.1 Å². The zero-order chi connectivity index (χ0) is 22.2. The molecule has 30 heavy (non-hydrogen) atoms. The van der Waals surface area contributed by atoms with Crippen LogP contribution in [0.5, 0.6) is 0 Å². The molecule has 0 unspecified atom stereocenters. The van der Waals surface area contributed by atoms with Gasteiger partial charge in [-0.05, 0) is 55.7 Å². The number of rotatable bonds is 6. The van der Waals surface area contributed by atoms with Gasteiger partial charge in [0.15, 0.2) is 0 Å². The van der Waals surface area contributed by atoms with Gasteiger partial charge in [-0.15, -0.1) is 11.3 Å². The van der Waals surface area contributed by atoms with Gasteiger partial charge in [0.1, 0.15) is 23.9 Å². The molecule has 1 aliphatic rings. The van der Waals surface area contributed by atoms with Gasteiger partial charge in [-0.3, -0.25) is 0 Å². The largest absolute Gasteiger partial charge is 0.388 e. The van der Waals surface area contributed by atoms with Crippen molar-refractivity contribution < 1.29 is 29.9 Å². The van der Waals surface area contributed by atoms with Crippen molar-refractivity contribution in [1.29, 1.82) is 0 Å². The van der Waals surface area contributed by atoms with Crippen molar-refractivity contribution in [2.45, 2.75) is 69.9 Å². The minimum atomic E-state index is -1.35. The number of aliphatic hydroxyl groups excluding tert-OH is 4. The quantitative estimate of drug-likeness (QED) is 0.533. The molecule has 8 heteroatoms. The molecule has 0 saturated carbocycles. The molecule has 2 heterocycles. The lowest BCUT2D eigenvalue weighted by molar-refractivity contribution is -0.263. The standard InChI is InChI=1S/C22H29ClO6S/c1-11(24)18-6-5-15(30-18)7-13-8-16(14(10-28-4)9-17(13)23)22(3)21(27)20(26)19(25)12(2)29-22/h5-6,8-9,11-12,19-21,24-27H,7,10H2,1-4H3/t11-,12-,19-,20+,21-,22+/m1/s1. The summed E-state index contributed by atoms with van der Waals surface area (Å²) in [7, 11) is 1.57. The van der Waals surface area contributed by atoms with Crippen LogP contribution in [0.3, 0.4) is 0 Å². The van der Waals surface area contributed by atoms with Crippen LogP contribution >= 0.6 is 22.9 Å². The second kappa shape index (κ2) is 9.22. The minimum Gasteiger partial charge on any atom is -0.388 e. The zero-order valence-corrected chi connectivity index (χ0v) is 19.1. The van der Waals surface area contributed by atoms with E-state index in [-0.39, 0.29) is 6.61 Å². The first-order chi connectivity index (χ1) is 14.1. The average molecular weight is 457 g/mol. The Morgan fingerprint density at radius 1 is 1.20 bits per heavy atom. The Hall–Kier alpha value is -1.03. The van der Waals surface area contributed by atoms with E-state index < -0.39 is 36.1 Å². The highest BCUT2D eigenvalue weighted by atomic mass is 35.5. The van der Waals surface area contributed by atoms with Crippen LogP contribution in [0.25, 0.3) is 0 Å². The fraction of sp³-hybridized carbons (Fsp3) is 0.545. The molecule has 0 radical (unpaired) electrons. The van der Waals surface area contributed by atoms with Gasteiger partial charge in [0.05, 0.1) is 18.8 Å². The SMILES string of the molecule is COCc1cc(Cl)c(Cc2ccc([C@@H](C)O)s2)cc1[C@]1(C)O[C@H](C)[C@@H](O)[C@H](O)[C@H]1O. The summed E-state index contributed by atoms with van der Waals surface area (Å²) >= 11 is 8.08. The highest BCUT2D eigenvalue weighted by Gasteiger charge is 2.51. The second-order valence-electron chi connectivity index (χ2n) is 8.05. The summed E-state index contributed by atoms with van der Waals surface area (Å²) in [4.78, 5) is 1.92. The number of ether oxygens (including phenoxy) is 2. The van der Waals surface area contributed by atoms with Crippen LogP contribution in [-0.2, 0) is 28.1 Å². The maximum atomic E-state index is 10.8. The Kier molecular flexibility index (Phi) is 7.26. The third-order valence-corrected chi connectivity index (χ3v) is 7.32.